The molecule has 3 aromatic rings. The Morgan fingerprint density at radius 2 is 1.83 bits per heavy atom. The maximum Gasteiger partial charge on any atom is 0.271 e. The van der Waals surface area contributed by atoms with Gasteiger partial charge in [-0.1, -0.05) is 0 Å². The van der Waals surface area contributed by atoms with E-state index >= 15 is 4.39 Å². The van der Waals surface area contributed by atoms with Gasteiger partial charge in [0, 0.05) is 43.7 Å². The van der Waals surface area contributed by atoms with E-state index in [1.807, 2.05) is 6.92 Å². The summed E-state index contributed by atoms with van der Waals surface area (Å²) in [6, 6.07) is 7.95. The zero-order valence-corrected chi connectivity index (χ0v) is 20.2. The first-order chi connectivity index (χ1) is 16.7. The summed E-state index contributed by atoms with van der Waals surface area (Å²) in [5, 5.41) is 2.91. The van der Waals surface area contributed by atoms with Crippen molar-refractivity contribution < 1.29 is 31.1 Å². The lowest BCUT2D eigenvalue weighted by Crippen LogP contribution is -2.29. The third-order valence-electron chi connectivity index (χ3n) is 6.12. The second-order valence-corrected chi connectivity index (χ2v) is 10.3. The molecule has 0 aliphatic carbocycles. The molecule has 1 aliphatic heterocycles. The fraction of sp³-hybridized carbons (Fsp3) is 0.360. The molecule has 1 aromatic heterocycles. The molecule has 0 bridgehead atoms. The van der Waals surface area contributed by atoms with Crippen molar-refractivity contribution in [3.63, 3.8) is 0 Å². The van der Waals surface area contributed by atoms with Crippen molar-refractivity contribution in [3.05, 3.63) is 71.7 Å². The summed E-state index contributed by atoms with van der Waals surface area (Å²) < 4.78 is 81.8. The first-order valence-corrected chi connectivity index (χ1v) is 12.8. The molecule has 1 unspecified atom stereocenters. The van der Waals surface area contributed by atoms with Gasteiger partial charge in [-0.15, -0.1) is 0 Å². The summed E-state index contributed by atoms with van der Waals surface area (Å²) >= 11 is 0. The molecule has 1 aliphatic rings. The molecule has 4 rings (SSSR count). The standard InChI is InChI=1S/C25H27F3N2O4S/c1-16(18-7-9-33-10-8-18)34-20-4-5-21(22(27)13-20)24-11-17(14-29-2)15-30(24)35(31,32)25-6-3-19(26)12-23(25)28/h3-6,11-13,15-16,18,29H,7-10,14H2,1-2H3. The maximum absolute atomic E-state index is 15.3. The Hall–Kier alpha value is -2.82. The van der Waals surface area contributed by atoms with Crippen LogP contribution in [0.4, 0.5) is 13.2 Å². The average molecular weight is 509 g/mol. The van der Waals surface area contributed by atoms with Crippen LogP contribution in [-0.2, 0) is 21.3 Å². The summed E-state index contributed by atoms with van der Waals surface area (Å²) in [5.74, 6) is -2.20. The van der Waals surface area contributed by atoms with Crippen molar-refractivity contribution in [2.75, 3.05) is 20.3 Å². The van der Waals surface area contributed by atoms with Crippen molar-refractivity contribution in [3.8, 4) is 17.0 Å². The number of hydrogen-bond acceptors (Lipinski definition) is 5. The van der Waals surface area contributed by atoms with Crippen LogP contribution in [0.25, 0.3) is 11.3 Å². The minimum absolute atomic E-state index is 0.00418. The maximum atomic E-state index is 15.3. The van der Waals surface area contributed by atoms with Gasteiger partial charge in [-0.3, -0.25) is 0 Å². The monoisotopic (exact) mass is 508 g/mol. The van der Waals surface area contributed by atoms with E-state index in [2.05, 4.69) is 5.32 Å². The van der Waals surface area contributed by atoms with Crippen LogP contribution in [0.3, 0.4) is 0 Å². The van der Waals surface area contributed by atoms with Gasteiger partial charge in [-0.2, -0.15) is 0 Å². The summed E-state index contributed by atoms with van der Waals surface area (Å²) in [7, 11) is -2.81. The molecule has 1 atom stereocenters. The summed E-state index contributed by atoms with van der Waals surface area (Å²) in [4.78, 5) is -0.711. The van der Waals surface area contributed by atoms with Crippen molar-refractivity contribution in [1.82, 2.24) is 9.29 Å². The van der Waals surface area contributed by atoms with Gasteiger partial charge in [0.15, 0.2) is 0 Å². The van der Waals surface area contributed by atoms with Gasteiger partial charge in [0.2, 0.25) is 0 Å². The van der Waals surface area contributed by atoms with Gasteiger partial charge < -0.3 is 14.8 Å². The van der Waals surface area contributed by atoms with Gasteiger partial charge in [0.05, 0.1) is 11.8 Å². The number of benzene rings is 2. The molecule has 188 valence electrons. The first kappa shape index (κ1) is 25.3. The smallest absolute Gasteiger partial charge is 0.271 e. The van der Waals surface area contributed by atoms with E-state index in [1.165, 1.54) is 24.4 Å². The van der Waals surface area contributed by atoms with Crippen LogP contribution in [0, 0.1) is 23.4 Å². The first-order valence-electron chi connectivity index (χ1n) is 11.3. The fourth-order valence-electron chi connectivity index (χ4n) is 4.26. The molecule has 0 amide bonds. The molecular weight excluding hydrogens is 481 g/mol. The Kier molecular flexibility index (Phi) is 7.53. The van der Waals surface area contributed by atoms with Gasteiger partial charge in [0.1, 0.15) is 28.1 Å². The van der Waals surface area contributed by atoms with E-state index in [-0.39, 0.29) is 17.4 Å². The third-order valence-corrected chi connectivity index (χ3v) is 7.83. The molecule has 0 saturated carbocycles. The highest BCUT2D eigenvalue weighted by atomic mass is 32.2. The van der Waals surface area contributed by atoms with Crippen LogP contribution < -0.4 is 10.1 Å². The Labute approximate surface area is 202 Å². The molecule has 35 heavy (non-hydrogen) atoms. The average Bonchev–Trinajstić information content (AvgIpc) is 3.24. The number of halogens is 3. The number of nitrogens with zero attached hydrogens (tertiary/aromatic N) is 1. The van der Waals surface area contributed by atoms with Crippen molar-refractivity contribution in [2.24, 2.45) is 5.92 Å². The number of aromatic nitrogens is 1. The van der Waals surface area contributed by atoms with E-state index in [9.17, 15) is 17.2 Å². The summed E-state index contributed by atoms with van der Waals surface area (Å²) in [5.41, 5.74) is 0.562. The van der Waals surface area contributed by atoms with Crippen LogP contribution in [0.2, 0.25) is 0 Å². The highest BCUT2D eigenvalue weighted by Gasteiger charge is 2.27. The Balaban J connectivity index is 1.70. The van der Waals surface area contributed by atoms with E-state index in [4.69, 9.17) is 9.47 Å². The van der Waals surface area contributed by atoms with E-state index in [0.29, 0.717) is 43.1 Å². The lowest BCUT2D eigenvalue weighted by molar-refractivity contribution is 0.0238. The normalized spacial score (nSPS) is 15.8. The molecule has 1 N–H and O–H groups in total. The molecule has 0 spiro atoms. The molecule has 6 nitrogen and oxygen atoms in total. The molecule has 2 heterocycles. The number of hydrogen-bond donors (Lipinski definition) is 1. The second kappa shape index (κ2) is 10.4. The zero-order chi connectivity index (χ0) is 25.2. The lowest BCUT2D eigenvalue weighted by Gasteiger charge is -2.28. The zero-order valence-electron chi connectivity index (χ0n) is 19.4. The minimum Gasteiger partial charge on any atom is -0.490 e. The quantitative estimate of drug-likeness (QED) is 0.477. The van der Waals surface area contributed by atoms with Crippen molar-refractivity contribution >= 4 is 10.0 Å². The van der Waals surface area contributed by atoms with Crippen LogP contribution >= 0.6 is 0 Å². The Morgan fingerprint density at radius 1 is 1.09 bits per heavy atom. The Bertz CT molecular complexity index is 1300. The van der Waals surface area contributed by atoms with Crippen LogP contribution in [-0.4, -0.2) is 38.8 Å². The topological polar surface area (TPSA) is 69.6 Å². The number of rotatable bonds is 8. The third kappa shape index (κ3) is 5.39. The Morgan fingerprint density at radius 3 is 2.49 bits per heavy atom. The van der Waals surface area contributed by atoms with Crippen molar-refractivity contribution in [2.45, 2.75) is 37.3 Å². The van der Waals surface area contributed by atoms with E-state index in [0.717, 1.165) is 28.9 Å². The largest absolute Gasteiger partial charge is 0.490 e. The minimum atomic E-state index is -4.49. The van der Waals surface area contributed by atoms with E-state index < -0.39 is 32.4 Å². The van der Waals surface area contributed by atoms with Crippen LogP contribution in [0.5, 0.6) is 5.75 Å². The highest BCUT2D eigenvalue weighted by Crippen LogP contribution is 2.33. The number of ether oxygens (including phenoxy) is 2. The molecule has 10 heteroatoms. The van der Waals surface area contributed by atoms with Crippen LogP contribution in [0.15, 0.2) is 53.6 Å². The highest BCUT2D eigenvalue weighted by molar-refractivity contribution is 7.90. The predicted molar refractivity (Wildman–Crippen MR) is 125 cm³/mol. The lowest BCUT2D eigenvalue weighted by atomic mass is 9.95. The van der Waals surface area contributed by atoms with E-state index in [1.54, 1.807) is 13.1 Å². The van der Waals surface area contributed by atoms with Gasteiger partial charge in [-0.05, 0) is 68.6 Å². The van der Waals surface area contributed by atoms with Crippen molar-refractivity contribution in [1.29, 1.82) is 0 Å². The van der Waals surface area contributed by atoms with Gasteiger partial charge >= 0.3 is 0 Å². The summed E-state index contributed by atoms with van der Waals surface area (Å²) in [6.45, 7) is 3.56. The number of nitrogens with one attached hydrogen (secondary N) is 1. The SMILES string of the molecule is CNCc1cc(-c2ccc(OC(C)C3CCOCC3)cc2F)n(S(=O)(=O)c2ccc(F)cc2F)c1. The molecule has 1 fully saturated rings. The molecule has 1 saturated heterocycles. The predicted octanol–water partition coefficient (Wildman–Crippen LogP) is 4.72. The molecule has 0 radical (unpaired) electrons. The van der Waals surface area contributed by atoms with Gasteiger partial charge in [0.25, 0.3) is 10.0 Å². The van der Waals surface area contributed by atoms with Crippen LogP contribution in [0.1, 0.15) is 25.3 Å². The second-order valence-electron chi connectivity index (χ2n) is 8.55. The fourth-order valence-corrected chi connectivity index (χ4v) is 5.70. The summed E-state index contributed by atoms with van der Waals surface area (Å²) in [6.07, 6.45) is 2.88. The molecule has 2 aromatic carbocycles. The van der Waals surface area contributed by atoms with Gasteiger partial charge in [-0.25, -0.2) is 25.6 Å². The molecular formula is C25H27F3N2O4S.